The Bertz CT molecular complexity index is 1190. The number of aromatic amines is 1. The molecule has 2 aliphatic rings. The van der Waals surface area contributed by atoms with E-state index in [4.69, 9.17) is 5.26 Å². The quantitative estimate of drug-likeness (QED) is 0.676. The van der Waals surface area contributed by atoms with E-state index in [0.717, 1.165) is 49.2 Å². The zero-order chi connectivity index (χ0) is 21.6. The fraction of sp³-hybridized carbons (Fsp3) is 0.391. The van der Waals surface area contributed by atoms with Gasteiger partial charge in [-0.15, -0.1) is 0 Å². The van der Waals surface area contributed by atoms with Crippen molar-refractivity contribution in [2.75, 3.05) is 18.0 Å². The fourth-order valence-electron chi connectivity index (χ4n) is 4.82. The first-order valence-electron chi connectivity index (χ1n) is 10.5. The molecular formula is C23H23FN6O. The van der Waals surface area contributed by atoms with E-state index in [0.29, 0.717) is 5.56 Å². The molecule has 5 rings (SSSR count). The number of fused-ring (bicyclic) bond motifs is 1. The van der Waals surface area contributed by atoms with Crippen LogP contribution < -0.4 is 10.2 Å². The predicted molar refractivity (Wildman–Crippen MR) is 114 cm³/mol. The second-order valence-corrected chi connectivity index (χ2v) is 8.64. The van der Waals surface area contributed by atoms with Crippen molar-refractivity contribution in [1.82, 2.24) is 20.3 Å². The Labute approximate surface area is 179 Å². The number of anilines is 1. The summed E-state index contributed by atoms with van der Waals surface area (Å²) in [6.07, 6.45) is 6.22. The van der Waals surface area contributed by atoms with Crippen molar-refractivity contribution < 1.29 is 9.18 Å². The summed E-state index contributed by atoms with van der Waals surface area (Å²) in [5.74, 6) is 0.300. The van der Waals surface area contributed by atoms with Gasteiger partial charge in [0.1, 0.15) is 29.7 Å². The summed E-state index contributed by atoms with van der Waals surface area (Å²) in [5, 5.41) is 13.0. The number of carbonyl (C=O) groups excluding carboxylic acids is 1. The molecule has 1 unspecified atom stereocenters. The number of benzene rings is 1. The Morgan fingerprint density at radius 1 is 1.39 bits per heavy atom. The van der Waals surface area contributed by atoms with Crippen LogP contribution in [0, 0.1) is 28.5 Å². The van der Waals surface area contributed by atoms with Gasteiger partial charge in [-0.25, -0.2) is 14.4 Å². The normalized spacial score (nSPS) is 20.4. The number of carbonyl (C=O) groups is 1. The minimum atomic E-state index is -0.561. The van der Waals surface area contributed by atoms with Crippen molar-refractivity contribution in [3.05, 3.63) is 53.7 Å². The molecule has 31 heavy (non-hydrogen) atoms. The number of amides is 1. The first-order valence-corrected chi connectivity index (χ1v) is 10.5. The third kappa shape index (κ3) is 3.40. The summed E-state index contributed by atoms with van der Waals surface area (Å²) in [6.45, 7) is 3.39. The molecule has 1 aromatic carbocycles. The highest BCUT2D eigenvalue weighted by atomic mass is 19.1. The van der Waals surface area contributed by atoms with Crippen LogP contribution in [-0.2, 0) is 4.79 Å². The minimum Gasteiger partial charge on any atom is -0.355 e. The smallest absolute Gasteiger partial charge is 0.224 e. The number of H-pyrrole nitrogens is 1. The molecule has 1 spiro atoms. The summed E-state index contributed by atoms with van der Waals surface area (Å²) in [4.78, 5) is 27.3. The second kappa shape index (κ2) is 7.34. The molecular weight excluding hydrogens is 395 g/mol. The third-order valence-electron chi connectivity index (χ3n) is 6.75. The van der Waals surface area contributed by atoms with E-state index in [1.165, 1.54) is 12.1 Å². The third-order valence-corrected chi connectivity index (χ3v) is 6.75. The van der Waals surface area contributed by atoms with Crippen molar-refractivity contribution in [3.8, 4) is 6.07 Å². The Kier molecular flexibility index (Phi) is 4.62. The van der Waals surface area contributed by atoms with E-state index in [1.807, 2.05) is 25.3 Å². The standard InChI is InChI=1S/C23H23FN6O/c1-14(15-2-3-16(11-25)19(24)10-15)29-22(31)18-5-9-30(12-23(18)6-7-23)21-17-4-8-26-20(17)27-13-28-21/h2-4,8,10,13-14,18H,5-7,9,12H2,1H3,(H,29,31)(H,26,27,28)/t14?,18-/m1/s1. The summed E-state index contributed by atoms with van der Waals surface area (Å²) in [5.41, 5.74) is 1.44. The van der Waals surface area contributed by atoms with Gasteiger partial charge in [0.25, 0.3) is 0 Å². The van der Waals surface area contributed by atoms with Crippen molar-refractivity contribution in [2.45, 2.75) is 32.2 Å². The molecule has 3 heterocycles. The number of piperidine rings is 1. The first-order chi connectivity index (χ1) is 15.0. The Morgan fingerprint density at radius 3 is 2.97 bits per heavy atom. The second-order valence-electron chi connectivity index (χ2n) is 8.64. The molecule has 1 amide bonds. The lowest BCUT2D eigenvalue weighted by Crippen LogP contribution is -2.48. The summed E-state index contributed by atoms with van der Waals surface area (Å²) >= 11 is 0. The Balaban J connectivity index is 1.30. The Morgan fingerprint density at radius 2 is 2.23 bits per heavy atom. The highest BCUT2D eigenvalue weighted by Gasteiger charge is 2.55. The lowest BCUT2D eigenvalue weighted by atomic mass is 9.81. The van der Waals surface area contributed by atoms with Crippen molar-refractivity contribution in [2.24, 2.45) is 11.3 Å². The molecule has 1 aliphatic heterocycles. The van der Waals surface area contributed by atoms with E-state index < -0.39 is 5.82 Å². The van der Waals surface area contributed by atoms with E-state index in [9.17, 15) is 9.18 Å². The molecule has 0 bridgehead atoms. The lowest BCUT2D eigenvalue weighted by molar-refractivity contribution is -0.128. The van der Waals surface area contributed by atoms with Gasteiger partial charge in [-0.3, -0.25) is 4.79 Å². The molecule has 1 aliphatic carbocycles. The topological polar surface area (TPSA) is 97.7 Å². The summed E-state index contributed by atoms with van der Waals surface area (Å²) in [6, 6.07) is 7.96. The average Bonchev–Trinajstić information content (AvgIpc) is 3.34. The molecule has 8 heteroatoms. The fourth-order valence-corrected chi connectivity index (χ4v) is 4.82. The van der Waals surface area contributed by atoms with Gasteiger partial charge in [0.15, 0.2) is 0 Å². The van der Waals surface area contributed by atoms with Gasteiger partial charge in [-0.2, -0.15) is 5.26 Å². The molecule has 2 fully saturated rings. The van der Waals surface area contributed by atoms with E-state index in [1.54, 1.807) is 12.4 Å². The molecule has 0 radical (unpaired) electrons. The number of hydrogen-bond acceptors (Lipinski definition) is 5. The van der Waals surface area contributed by atoms with Gasteiger partial charge in [0, 0.05) is 25.2 Å². The van der Waals surface area contributed by atoms with Gasteiger partial charge >= 0.3 is 0 Å². The molecule has 1 saturated heterocycles. The SMILES string of the molecule is CC(NC(=O)[C@H]1CCN(c2ncnc3[nH]ccc23)CC12CC2)c1ccc(C#N)c(F)c1. The van der Waals surface area contributed by atoms with Crippen LogP contribution >= 0.6 is 0 Å². The largest absolute Gasteiger partial charge is 0.355 e. The molecule has 2 N–H and O–H groups in total. The summed E-state index contributed by atoms with van der Waals surface area (Å²) < 4.78 is 14.0. The van der Waals surface area contributed by atoms with Crippen molar-refractivity contribution >= 4 is 22.8 Å². The van der Waals surface area contributed by atoms with Crippen LogP contribution in [0.15, 0.2) is 36.8 Å². The zero-order valence-electron chi connectivity index (χ0n) is 17.2. The van der Waals surface area contributed by atoms with E-state index in [-0.39, 0.29) is 28.8 Å². The van der Waals surface area contributed by atoms with Crippen molar-refractivity contribution in [1.29, 1.82) is 5.26 Å². The highest BCUT2D eigenvalue weighted by molar-refractivity contribution is 5.88. The molecule has 2 aromatic heterocycles. The van der Waals surface area contributed by atoms with Gasteiger partial charge in [0.05, 0.1) is 17.0 Å². The molecule has 2 atom stereocenters. The number of halogens is 1. The average molecular weight is 418 g/mol. The number of hydrogen-bond donors (Lipinski definition) is 2. The predicted octanol–water partition coefficient (Wildman–Crippen LogP) is 3.45. The Hall–Kier alpha value is -3.47. The number of nitrogens with zero attached hydrogens (tertiary/aromatic N) is 4. The van der Waals surface area contributed by atoms with Crippen LogP contribution in [-0.4, -0.2) is 33.9 Å². The first kappa shape index (κ1) is 19.5. The lowest BCUT2D eigenvalue weighted by Gasteiger charge is -2.39. The van der Waals surface area contributed by atoms with E-state index in [2.05, 4.69) is 25.2 Å². The van der Waals surface area contributed by atoms with Crippen LogP contribution in [0.4, 0.5) is 10.2 Å². The van der Waals surface area contributed by atoms with Gasteiger partial charge < -0.3 is 15.2 Å². The number of nitrogens with one attached hydrogen (secondary N) is 2. The van der Waals surface area contributed by atoms with Crippen LogP contribution in [0.5, 0.6) is 0 Å². The maximum atomic E-state index is 14.0. The molecule has 7 nitrogen and oxygen atoms in total. The highest BCUT2D eigenvalue weighted by Crippen LogP contribution is 2.56. The molecule has 1 saturated carbocycles. The van der Waals surface area contributed by atoms with Gasteiger partial charge in [-0.1, -0.05) is 6.07 Å². The molecule has 3 aromatic rings. The van der Waals surface area contributed by atoms with Crippen LogP contribution in [0.1, 0.15) is 43.4 Å². The number of aromatic nitrogens is 3. The maximum Gasteiger partial charge on any atom is 0.224 e. The van der Waals surface area contributed by atoms with Crippen LogP contribution in [0.2, 0.25) is 0 Å². The van der Waals surface area contributed by atoms with Crippen LogP contribution in [0.3, 0.4) is 0 Å². The number of nitriles is 1. The van der Waals surface area contributed by atoms with Gasteiger partial charge in [-0.05, 0) is 55.4 Å². The van der Waals surface area contributed by atoms with Crippen LogP contribution in [0.25, 0.3) is 11.0 Å². The van der Waals surface area contributed by atoms with Gasteiger partial charge in [0.2, 0.25) is 5.91 Å². The summed E-state index contributed by atoms with van der Waals surface area (Å²) in [7, 11) is 0. The van der Waals surface area contributed by atoms with E-state index >= 15 is 0 Å². The maximum absolute atomic E-state index is 14.0. The van der Waals surface area contributed by atoms with Crippen molar-refractivity contribution in [3.63, 3.8) is 0 Å². The zero-order valence-corrected chi connectivity index (χ0v) is 17.2. The molecule has 158 valence electrons. The monoisotopic (exact) mass is 418 g/mol. The minimum absolute atomic E-state index is 0.00725. The number of rotatable bonds is 4.